The molecule has 0 unspecified atom stereocenters. The Balaban J connectivity index is 3.69. The molecule has 4 nitrogen and oxygen atoms in total. The molecular formula is C7H15NO3S. The van der Waals surface area contributed by atoms with Crippen LogP contribution in [0.25, 0.3) is 0 Å². The van der Waals surface area contributed by atoms with Gasteiger partial charge in [-0.3, -0.25) is 9.00 Å². The average Bonchev–Trinajstić information content (AvgIpc) is 1.98. The van der Waals surface area contributed by atoms with Crippen LogP contribution in [0.5, 0.6) is 0 Å². The third-order valence-corrected chi connectivity index (χ3v) is 3.16. The fourth-order valence-electron chi connectivity index (χ4n) is 0.602. The summed E-state index contributed by atoms with van der Waals surface area (Å²) in [5, 5.41) is 8.48. The van der Waals surface area contributed by atoms with E-state index < -0.39 is 22.8 Å². The van der Waals surface area contributed by atoms with Crippen molar-refractivity contribution in [2.45, 2.75) is 31.6 Å². The number of carboxylic acids is 1. The van der Waals surface area contributed by atoms with Crippen LogP contribution in [-0.2, 0) is 15.6 Å². The van der Waals surface area contributed by atoms with E-state index >= 15 is 0 Å². The zero-order chi connectivity index (χ0) is 9.72. The maximum Gasteiger partial charge on any atom is 0.320 e. The van der Waals surface area contributed by atoms with E-state index in [1.807, 2.05) is 13.8 Å². The molecule has 0 aromatic carbocycles. The Morgan fingerprint density at radius 2 is 2.08 bits per heavy atom. The molecule has 0 heterocycles. The minimum Gasteiger partial charge on any atom is -0.480 e. The van der Waals surface area contributed by atoms with Crippen molar-refractivity contribution in [1.29, 1.82) is 0 Å². The first-order valence-electron chi connectivity index (χ1n) is 3.80. The van der Waals surface area contributed by atoms with E-state index in [1.54, 1.807) is 0 Å². The average molecular weight is 193 g/mol. The zero-order valence-electron chi connectivity index (χ0n) is 7.32. The number of nitrogens with two attached hydrogens (primary N) is 1. The monoisotopic (exact) mass is 193 g/mol. The lowest BCUT2D eigenvalue weighted by Gasteiger charge is -2.07. The number of hydrogen-bond acceptors (Lipinski definition) is 3. The van der Waals surface area contributed by atoms with Crippen LogP contribution in [0.3, 0.4) is 0 Å². The van der Waals surface area contributed by atoms with Crippen LogP contribution in [0.15, 0.2) is 0 Å². The second-order valence-electron chi connectivity index (χ2n) is 2.87. The van der Waals surface area contributed by atoms with Crippen LogP contribution in [0.2, 0.25) is 0 Å². The first kappa shape index (κ1) is 11.6. The molecule has 0 spiro atoms. The van der Waals surface area contributed by atoms with E-state index in [4.69, 9.17) is 10.8 Å². The molecule has 0 bridgehead atoms. The highest BCUT2D eigenvalue weighted by Crippen LogP contribution is 1.98. The first-order valence-corrected chi connectivity index (χ1v) is 5.19. The van der Waals surface area contributed by atoms with Crippen molar-refractivity contribution >= 4 is 16.8 Å². The van der Waals surface area contributed by atoms with Gasteiger partial charge in [-0.05, 0) is 6.42 Å². The first-order chi connectivity index (χ1) is 5.45. The van der Waals surface area contributed by atoms with Crippen LogP contribution >= 0.6 is 0 Å². The minimum atomic E-state index is -1.03. The molecule has 12 heavy (non-hydrogen) atoms. The lowest BCUT2D eigenvalue weighted by Crippen LogP contribution is -2.32. The van der Waals surface area contributed by atoms with Gasteiger partial charge < -0.3 is 10.8 Å². The van der Waals surface area contributed by atoms with E-state index in [9.17, 15) is 9.00 Å². The molecule has 0 aliphatic heterocycles. The van der Waals surface area contributed by atoms with Crippen molar-refractivity contribution in [2.24, 2.45) is 5.73 Å². The summed E-state index contributed by atoms with van der Waals surface area (Å²) in [6, 6.07) is -0.882. The Morgan fingerprint density at radius 1 is 1.58 bits per heavy atom. The van der Waals surface area contributed by atoms with Gasteiger partial charge in [-0.2, -0.15) is 0 Å². The molecule has 72 valence electrons. The molecule has 0 radical (unpaired) electrons. The summed E-state index contributed by atoms with van der Waals surface area (Å²) in [6.07, 6.45) is 0.278. The van der Waals surface area contributed by atoms with Crippen molar-refractivity contribution < 1.29 is 14.1 Å². The quantitative estimate of drug-likeness (QED) is 0.641. The van der Waals surface area contributed by atoms with E-state index in [1.165, 1.54) is 0 Å². The predicted molar refractivity (Wildman–Crippen MR) is 48.4 cm³/mol. The topological polar surface area (TPSA) is 80.4 Å². The summed E-state index contributed by atoms with van der Waals surface area (Å²) >= 11 is 0. The van der Waals surface area contributed by atoms with E-state index in [0.717, 1.165) is 0 Å². The summed E-state index contributed by atoms with van der Waals surface area (Å²) in [5.74, 6) is -0.666. The number of carbonyl (C=O) groups is 1. The molecule has 2 atom stereocenters. The number of hydrogen-bond donors (Lipinski definition) is 2. The van der Waals surface area contributed by atoms with Crippen molar-refractivity contribution in [1.82, 2.24) is 0 Å². The zero-order valence-corrected chi connectivity index (χ0v) is 8.13. The largest absolute Gasteiger partial charge is 0.480 e. The molecule has 0 aliphatic carbocycles. The number of carboxylic acid groups (broad SMARTS) is 1. The summed E-state index contributed by atoms with van der Waals surface area (Å²) in [6.45, 7) is 3.67. The molecule has 0 saturated heterocycles. The van der Waals surface area contributed by atoms with Gasteiger partial charge in [0.15, 0.2) is 0 Å². The Bertz CT molecular complexity index is 181. The summed E-state index contributed by atoms with van der Waals surface area (Å²) < 4.78 is 11.1. The lowest BCUT2D eigenvalue weighted by molar-refractivity contribution is -0.138. The highest BCUT2D eigenvalue weighted by molar-refractivity contribution is 7.85. The van der Waals surface area contributed by atoms with E-state index in [0.29, 0.717) is 5.75 Å². The predicted octanol–water partition coefficient (Wildman–Crippen LogP) is -0.0545. The minimum absolute atomic E-state index is 0.0750. The lowest BCUT2D eigenvalue weighted by atomic mass is 10.2. The van der Waals surface area contributed by atoms with Gasteiger partial charge in [0.1, 0.15) is 6.04 Å². The normalized spacial score (nSPS) is 16.0. The van der Waals surface area contributed by atoms with E-state index in [2.05, 4.69) is 0 Å². The highest BCUT2D eigenvalue weighted by Gasteiger charge is 2.13. The highest BCUT2D eigenvalue weighted by atomic mass is 32.2. The Kier molecular flexibility index (Phi) is 5.08. The second kappa shape index (κ2) is 5.27. The van der Waals surface area contributed by atoms with Crippen LogP contribution in [0, 0.1) is 0 Å². The SMILES string of the molecule is CC(C)[S@](=O)CC[C@H](N)C(=O)O. The number of aliphatic carboxylic acids is 1. The standard InChI is InChI=1S/C7H15NO3S/c1-5(2)12(11)4-3-6(8)7(9)10/h5-6H,3-4,8H2,1-2H3,(H,9,10)/t6-,12+/m0/s1. The fourth-order valence-corrected chi connectivity index (χ4v) is 1.56. The fraction of sp³-hybridized carbons (Fsp3) is 0.857. The van der Waals surface area contributed by atoms with E-state index in [-0.39, 0.29) is 11.7 Å². The molecular weight excluding hydrogens is 178 g/mol. The maximum atomic E-state index is 11.1. The molecule has 3 N–H and O–H groups in total. The van der Waals surface area contributed by atoms with Crippen molar-refractivity contribution in [3.63, 3.8) is 0 Å². The molecule has 5 heteroatoms. The second-order valence-corrected chi connectivity index (χ2v) is 4.98. The third-order valence-electron chi connectivity index (χ3n) is 1.47. The molecule has 0 saturated carbocycles. The van der Waals surface area contributed by atoms with Gasteiger partial charge in [-0.1, -0.05) is 13.8 Å². The van der Waals surface area contributed by atoms with Crippen LogP contribution in [-0.4, -0.2) is 32.3 Å². The molecule has 0 fully saturated rings. The van der Waals surface area contributed by atoms with Crippen molar-refractivity contribution in [3.8, 4) is 0 Å². The molecule has 0 aromatic heterocycles. The molecule has 0 aliphatic rings. The van der Waals surface area contributed by atoms with Gasteiger partial charge in [0.25, 0.3) is 0 Å². The summed E-state index contributed by atoms with van der Waals surface area (Å²) in [4.78, 5) is 10.3. The number of rotatable bonds is 5. The van der Waals surface area contributed by atoms with Gasteiger partial charge in [-0.25, -0.2) is 0 Å². The Morgan fingerprint density at radius 3 is 2.42 bits per heavy atom. The van der Waals surface area contributed by atoms with Crippen molar-refractivity contribution in [2.75, 3.05) is 5.75 Å². The smallest absolute Gasteiger partial charge is 0.320 e. The van der Waals surface area contributed by atoms with Gasteiger partial charge in [0, 0.05) is 21.8 Å². The van der Waals surface area contributed by atoms with Crippen LogP contribution in [0.4, 0.5) is 0 Å². The maximum absolute atomic E-state index is 11.1. The van der Waals surface area contributed by atoms with Crippen LogP contribution < -0.4 is 5.73 Å². The Hall–Kier alpha value is -0.420. The molecule has 0 aromatic rings. The summed E-state index contributed by atoms with van der Waals surface area (Å²) in [7, 11) is -0.952. The van der Waals surface area contributed by atoms with Crippen LogP contribution in [0.1, 0.15) is 20.3 Å². The van der Waals surface area contributed by atoms with Gasteiger partial charge in [0.2, 0.25) is 0 Å². The van der Waals surface area contributed by atoms with Gasteiger partial charge >= 0.3 is 5.97 Å². The van der Waals surface area contributed by atoms with Gasteiger partial charge in [0.05, 0.1) is 0 Å². The molecule has 0 rings (SSSR count). The third kappa shape index (κ3) is 4.46. The van der Waals surface area contributed by atoms with Crippen molar-refractivity contribution in [3.05, 3.63) is 0 Å². The van der Waals surface area contributed by atoms with Gasteiger partial charge in [-0.15, -0.1) is 0 Å². The summed E-state index contributed by atoms with van der Waals surface area (Å²) in [5.41, 5.74) is 5.23. The molecule has 0 amide bonds. The Labute approximate surface area is 74.6 Å².